The van der Waals surface area contributed by atoms with Gasteiger partial charge in [0.2, 0.25) is 5.91 Å². The zero-order valence-electron chi connectivity index (χ0n) is 13.0. The van der Waals surface area contributed by atoms with Crippen LogP contribution < -0.4 is 14.8 Å². The lowest BCUT2D eigenvalue weighted by atomic mass is 9.85. The van der Waals surface area contributed by atoms with Gasteiger partial charge in [0.1, 0.15) is 6.61 Å². The first kappa shape index (κ1) is 15.0. The topological polar surface area (TPSA) is 76.2 Å². The zero-order chi connectivity index (χ0) is 16.4. The summed E-state index contributed by atoms with van der Waals surface area (Å²) in [6, 6.07) is 5.62. The number of fused-ring (bicyclic) bond motifs is 1. The number of aromatic amines is 1. The molecule has 23 heavy (non-hydrogen) atoms. The van der Waals surface area contributed by atoms with Gasteiger partial charge < -0.3 is 14.8 Å². The lowest BCUT2D eigenvalue weighted by Gasteiger charge is -2.23. The Bertz CT molecular complexity index is 789. The molecule has 0 radical (unpaired) electrons. The van der Waals surface area contributed by atoms with Crippen LogP contribution in [0.3, 0.4) is 0 Å². The largest absolute Gasteiger partial charge is 0.493 e. The highest BCUT2D eigenvalue weighted by molar-refractivity contribution is 5.94. The summed E-state index contributed by atoms with van der Waals surface area (Å²) in [4.78, 5) is 11.9. The molecule has 1 amide bonds. The number of anilines is 1. The third-order valence-electron chi connectivity index (χ3n) is 3.89. The molecular weight excluding hydrogens is 294 g/mol. The van der Waals surface area contributed by atoms with Gasteiger partial charge in [0.25, 0.3) is 0 Å². The van der Waals surface area contributed by atoms with E-state index in [1.807, 2.05) is 25.1 Å². The minimum atomic E-state index is -0.0758. The summed E-state index contributed by atoms with van der Waals surface area (Å²) in [5, 5.41) is 9.86. The van der Waals surface area contributed by atoms with Crippen molar-refractivity contribution in [2.75, 3.05) is 19.0 Å². The zero-order valence-corrected chi connectivity index (χ0v) is 13.0. The molecule has 0 aliphatic carbocycles. The first-order chi connectivity index (χ1) is 11.1. The third-order valence-corrected chi connectivity index (χ3v) is 3.89. The Morgan fingerprint density at radius 2 is 2.26 bits per heavy atom. The first-order valence-corrected chi connectivity index (χ1v) is 7.23. The van der Waals surface area contributed by atoms with Gasteiger partial charge in [-0.25, -0.2) is 0 Å². The van der Waals surface area contributed by atoms with E-state index in [-0.39, 0.29) is 18.4 Å². The van der Waals surface area contributed by atoms with Crippen LogP contribution in [0.25, 0.3) is 0 Å². The van der Waals surface area contributed by atoms with Gasteiger partial charge >= 0.3 is 0 Å². The highest BCUT2D eigenvalue weighted by Crippen LogP contribution is 2.40. The summed E-state index contributed by atoms with van der Waals surface area (Å²) in [7, 11) is 1.57. The lowest BCUT2D eigenvalue weighted by molar-refractivity contribution is -0.116. The van der Waals surface area contributed by atoms with Crippen LogP contribution in [0, 0.1) is 19.3 Å². The number of rotatable bonds is 4. The first-order valence-electron chi connectivity index (χ1n) is 7.23. The Kier molecular flexibility index (Phi) is 3.94. The van der Waals surface area contributed by atoms with Crippen LogP contribution in [-0.4, -0.2) is 29.8 Å². The van der Waals surface area contributed by atoms with Crippen LogP contribution in [-0.2, 0) is 4.79 Å². The summed E-state index contributed by atoms with van der Waals surface area (Å²) < 4.78 is 10.8. The molecule has 2 aromatic rings. The predicted molar refractivity (Wildman–Crippen MR) is 85.7 cm³/mol. The molecule has 0 saturated heterocycles. The smallest absolute Gasteiger partial charge is 0.226 e. The fourth-order valence-electron chi connectivity index (χ4n) is 2.85. The molecule has 0 fully saturated rings. The molecule has 0 saturated carbocycles. The SMILES string of the molecule is C#CCOc1ccc([C@H]2CC(=O)Nc3n[nH]c(C)c32)cc1OC. The Labute approximate surface area is 134 Å². The van der Waals surface area contributed by atoms with E-state index in [0.29, 0.717) is 23.7 Å². The van der Waals surface area contributed by atoms with Crippen molar-refractivity contribution in [1.29, 1.82) is 0 Å². The van der Waals surface area contributed by atoms with Crippen LogP contribution in [0.2, 0.25) is 0 Å². The molecule has 2 heterocycles. The van der Waals surface area contributed by atoms with Gasteiger partial charge in [-0.15, -0.1) is 6.42 Å². The highest BCUT2D eigenvalue weighted by atomic mass is 16.5. The minimum Gasteiger partial charge on any atom is -0.493 e. The molecule has 2 N–H and O–H groups in total. The van der Waals surface area contributed by atoms with E-state index < -0.39 is 0 Å². The minimum absolute atomic E-state index is 0.0550. The van der Waals surface area contributed by atoms with E-state index in [1.165, 1.54) is 0 Å². The second-order valence-electron chi connectivity index (χ2n) is 5.32. The number of hydrogen-bond acceptors (Lipinski definition) is 4. The van der Waals surface area contributed by atoms with Crippen molar-refractivity contribution in [3.63, 3.8) is 0 Å². The number of nitrogens with one attached hydrogen (secondary N) is 2. The van der Waals surface area contributed by atoms with Gasteiger partial charge in [0.05, 0.1) is 7.11 Å². The standard InChI is InChI=1S/C17H17N3O3/c1-4-7-23-13-6-5-11(8-14(13)22-3)12-9-15(21)18-17-16(12)10(2)19-20-17/h1,5-6,8,12H,7,9H2,2-3H3,(H2,18,19,20,21)/t12-/m1/s1. The number of aromatic nitrogens is 2. The van der Waals surface area contributed by atoms with Crippen LogP contribution in [0.1, 0.15) is 29.2 Å². The molecule has 1 aliphatic heterocycles. The number of amides is 1. The molecule has 1 aliphatic rings. The number of nitrogens with zero attached hydrogens (tertiary/aromatic N) is 1. The highest BCUT2D eigenvalue weighted by Gasteiger charge is 2.30. The second kappa shape index (κ2) is 6.05. The Morgan fingerprint density at radius 1 is 1.43 bits per heavy atom. The van der Waals surface area contributed by atoms with Crippen LogP contribution >= 0.6 is 0 Å². The summed E-state index contributed by atoms with van der Waals surface area (Å²) in [6.45, 7) is 2.12. The van der Waals surface area contributed by atoms with E-state index in [9.17, 15) is 4.79 Å². The van der Waals surface area contributed by atoms with Crippen molar-refractivity contribution in [2.45, 2.75) is 19.3 Å². The number of terminal acetylenes is 1. The monoisotopic (exact) mass is 311 g/mol. The molecule has 1 atom stereocenters. The normalized spacial score (nSPS) is 16.2. The number of carbonyl (C=O) groups excluding carboxylic acids is 1. The van der Waals surface area contributed by atoms with Gasteiger partial charge in [-0.2, -0.15) is 5.10 Å². The van der Waals surface area contributed by atoms with Crippen molar-refractivity contribution in [2.24, 2.45) is 0 Å². The van der Waals surface area contributed by atoms with E-state index in [0.717, 1.165) is 16.8 Å². The van der Waals surface area contributed by atoms with Gasteiger partial charge in [-0.3, -0.25) is 9.89 Å². The predicted octanol–water partition coefficient (Wildman–Crippen LogP) is 2.21. The molecule has 1 aromatic carbocycles. The third kappa shape index (κ3) is 2.73. The Balaban J connectivity index is 2.00. The quantitative estimate of drug-likeness (QED) is 0.849. The van der Waals surface area contributed by atoms with Crippen LogP contribution in [0.15, 0.2) is 18.2 Å². The van der Waals surface area contributed by atoms with Crippen molar-refractivity contribution >= 4 is 11.7 Å². The number of hydrogen-bond donors (Lipinski definition) is 2. The van der Waals surface area contributed by atoms with Crippen LogP contribution in [0.4, 0.5) is 5.82 Å². The molecular formula is C17H17N3O3. The Morgan fingerprint density at radius 3 is 3.00 bits per heavy atom. The molecule has 1 aromatic heterocycles. The molecule has 6 heteroatoms. The number of methoxy groups -OCH3 is 1. The van der Waals surface area contributed by atoms with Crippen molar-refractivity contribution in [3.8, 4) is 23.8 Å². The second-order valence-corrected chi connectivity index (χ2v) is 5.32. The average molecular weight is 311 g/mol. The van der Waals surface area contributed by atoms with Crippen LogP contribution in [0.5, 0.6) is 11.5 Å². The van der Waals surface area contributed by atoms with Crippen molar-refractivity contribution < 1.29 is 14.3 Å². The van der Waals surface area contributed by atoms with Gasteiger partial charge in [-0.05, 0) is 24.6 Å². The van der Waals surface area contributed by atoms with Gasteiger partial charge in [0.15, 0.2) is 17.3 Å². The van der Waals surface area contributed by atoms with E-state index in [4.69, 9.17) is 15.9 Å². The summed E-state index contributed by atoms with van der Waals surface area (Å²) >= 11 is 0. The number of aryl methyl sites for hydroxylation is 1. The van der Waals surface area contributed by atoms with E-state index >= 15 is 0 Å². The maximum Gasteiger partial charge on any atom is 0.226 e. The number of ether oxygens (including phenoxy) is 2. The molecule has 6 nitrogen and oxygen atoms in total. The van der Waals surface area contributed by atoms with E-state index in [2.05, 4.69) is 21.4 Å². The maximum absolute atomic E-state index is 11.9. The summed E-state index contributed by atoms with van der Waals surface area (Å²) in [6.07, 6.45) is 5.58. The maximum atomic E-state index is 11.9. The van der Waals surface area contributed by atoms with Gasteiger partial charge in [-0.1, -0.05) is 12.0 Å². The number of H-pyrrole nitrogens is 1. The van der Waals surface area contributed by atoms with Crippen molar-refractivity contribution in [1.82, 2.24) is 10.2 Å². The molecule has 0 spiro atoms. The lowest BCUT2D eigenvalue weighted by Crippen LogP contribution is -2.23. The molecule has 118 valence electrons. The fraction of sp³-hybridized carbons (Fsp3) is 0.294. The average Bonchev–Trinajstić information content (AvgIpc) is 2.93. The summed E-state index contributed by atoms with van der Waals surface area (Å²) in [5.74, 6) is 4.06. The molecule has 3 rings (SSSR count). The van der Waals surface area contributed by atoms with E-state index in [1.54, 1.807) is 7.11 Å². The number of benzene rings is 1. The number of carbonyl (C=O) groups is 1. The Hall–Kier alpha value is -2.94. The summed E-state index contributed by atoms with van der Waals surface area (Å²) in [5.41, 5.74) is 2.91. The van der Waals surface area contributed by atoms with Gasteiger partial charge in [0, 0.05) is 23.6 Å². The fourth-order valence-corrected chi connectivity index (χ4v) is 2.85. The molecule has 0 bridgehead atoms. The van der Waals surface area contributed by atoms with Crippen molar-refractivity contribution in [3.05, 3.63) is 35.0 Å². The molecule has 0 unspecified atom stereocenters.